The van der Waals surface area contributed by atoms with Crippen molar-refractivity contribution >= 4 is 10.0 Å². The lowest BCUT2D eigenvalue weighted by Gasteiger charge is -2.27. The number of nitrogens with zero attached hydrogens (tertiary/aromatic N) is 2. The van der Waals surface area contributed by atoms with Gasteiger partial charge in [0.1, 0.15) is 0 Å². The van der Waals surface area contributed by atoms with E-state index in [2.05, 4.69) is 4.98 Å². The SMILES string of the molecule is CC[C@@H](c1ccncc1)N(C)S(=O)(=O)c1ccc(F)c(OC)c1. The zero-order chi connectivity index (χ0) is 17.0. The van der Waals surface area contributed by atoms with E-state index in [1.165, 1.54) is 30.6 Å². The van der Waals surface area contributed by atoms with Crippen LogP contribution >= 0.6 is 0 Å². The van der Waals surface area contributed by atoms with E-state index in [0.29, 0.717) is 6.42 Å². The first-order valence-corrected chi connectivity index (χ1v) is 8.57. The summed E-state index contributed by atoms with van der Waals surface area (Å²) in [6, 6.07) is 6.76. The van der Waals surface area contributed by atoms with Crippen LogP contribution in [-0.4, -0.2) is 31.9 Å². The summed E-state index contributed by atoms with van der Waals surface area (Å²) in [6.07, 6.45) is 3.84. The van der Waals surface area contributed by atoms with Crippen molar-refractivity contribution in [3.05, 3.63) is 54.1 Å². The highest BCUT2D eigenvalue weighted by Gasteiger charge is 2.28. The molecule has 2 aromatic rings. The highest BCUT2D eigenvalue weighted by molar-refractivity contribution is 7.89. The minimum atomic E-state index is -3.78. The summed E-state index contributed by atoms with van der Waals surface area (Å²) in [5.74, 6) is -0.702. The van der Waals surface area contributed by atoms with E-state index in [9.17, 15) is 12.8 Å². The molecule has 0 saturated carbocycles. The van der Waals surface area contributed by atoms with Crippen LogP contribution in [0.3, 0.4) is 0 Å². The van der Waals surface area contributed by atoms with Crippen molar-refractivity contribution in [1.29, 1.82) is 0 Å². The molecule has 0 amide bonds. The highest BCUT2D eigenvalue weighted by Crippen LogP contribution is 2.30. The van der Waals surface area contributed by atoms with E-state index in [0.717, 1.165) is 11.6 Å². The van der Waals surface area contributed by atoms with E-state index < -0.39 is 15.8 Å². The smallest absolute Gasteiger partial charge is 0.243 e. The topological polar surface area (TPSA) is 59.5 Å². The van der Waals surface area contributed by atoms with Crippen LogP contribution < -0.4 is 4.74 Å². The van der Waals surface area contributed by atoms with Crippen molar-refractivity contribution in [2.24, 2.45) is 0 Å². The summed E-state index contributed by atoms with van der Waals surface area (Å²) in [7, 11) is -0.972. The Morgan fingerprint density at radius 1 is 1.26 bits per heavy atom. The van der Waals surface area contributed by atoms with Gasteiger partial charge >= 0.3 is 0 Å². The van der Waals surface area contributed by atoms with Gasteiger partial charge in [0.2, 0.25) is 10.0 Å². The number of halogens is 1. The van der Waals surface area contributed by atoms with E-state index >= 15 is 0 Å². The summed E-state index contributed by atoms with van der Waals surface area (Å²) >= 11 is 0. The van der Waals surface area contributed by atoms with E-state index in [-0.39, 0.29) is 16.7 Å². The van der Waals surface area contributed by atoms with Gasteiger partial charge in [0.05, 0.1) is 12.0 Å². The van der Waals surface area contributed by atoms with Crippen LogP contribution in [0.2, 0.25) is 0 Å². The van der Waals surface area contributed by atoms with E-state index in [4.69, 9.17) is 4.74 Å². The summed E-state index contributed by atoms with van der Waals surface area (Å²) < 4.78 is 45.3. The fraction of sp³-hybridized carbons (Fsp3) is 0.312. The lowest BCUT2D eigenvalue weighted by molar-refractivity contribution is 0.364. The minimum Gasteiger partial charge on any atom is -0.494 e. The molecule has 1 aromatic carbocycles. The largest absolute Gasteiger partial charge is 0.494 e. The van der Waals surface area contributed by atoms with Crippen molar-refractivity contribution in [2.75, 3.05) is 14.2 Å². The van der Waals surface area contributed by atoms with Crippen LogP contribution in [0, 0.1) is 5.82 Å². The number of rotatable bonds is 6. The number of sulfonamides is 1. The molecule has 1 aromatic heterocycles. The molecular weight excluding hydrogens is 319 g/mol. The first-order chi connectivity index (χ1) is 10.9. The molecule has 0 aliphatic rings. The zero-order valence-electron chi connectivity index (χ0n) is 13.2. The average molecular weight is 338 g/mol. The Balaban J connectivity index is 2.41. The van der Waals surface area contributed by atoms with Crippen molar-refractivity contribution in [2.45, 2.75) is 24.3 Å². The molecule has 0 aliphatic carbocycles. The number of hydrogen-bond donors (Lipinski definition) is 0. The van der Waals surface area contributed by atoms with Crippen LogP contribution in [0.1, 0.15) is 24.9 Å². The first-order valence-electron chi connectivity index (χ1n) is 7.13. The standard InChI is InChI=1S/C16H19FN2O3S/c1-4-15(12-7-9-18-10-8-12)19(2)23(20,21)13-5-6-14(17)16(11-13)22-3/h5-11,15H,4H2,1-3H3/t15-/m0/s1. The molecule has 0 aliphatic heterocycles. The van der Waals surface area contributed by atoms with Gasteiger partial charge in [0.25, 0.3) is 0 Å². The van der Waals surface area contributed by atoms with Crippen LogP contribution in [0.5, 0.6) is 5.75 Å². The second-order valence-electron chi connectivity index (χ2n) is 5.02. The molecule has 0 N–H and O–H groups in total. The van der Waals surface area contributed by atoms with E-state index in [1.807, 2.05) is 6.92 Å². The highest BCUT2D eigenvalue weighted by atomic mass is 32.2. The van der Waals surface area contributed by atoms with Gasteiger partial charge in [-0.3, -0.25) is 4.98 Å². The molecule has 1 heterocycles. The first kappa shape index (κ1) is 17.4. The number of pyridine rings is 1. The monoisotopic (exact) mass is 338 g/mol. The van der Waals surface area contributed by atoms with Gasteiger partial charge in [0, 0.05) is 31.5 Å². The summed E-state index contributed by atoms with van der Waals surface area (Å²) in [5, 5.41) is 0. The Hall–Kier alpha value is -1.99. The molecule has 0 spiro atoms. The number of aromatic nitrogens is 1. The molecule has 0 bridgehead atoms. The fourth-order valence-electron chi connectivity index (χ4n) is 2.42. The lowest BCUT2D eigenvalue weighted by Crippen LogP contribution is -2.31. The Kier molecular flexibility index (Phi) is 5.33. The van der Waals surface area contributed by atoms with Crippen molar-refractivity contribution in [1.82, 2.24) is 9.29 Å². The maximum absolute atomic E-state index is 13.5. The molecule has 0 radical (unpaired) electrons. The van der Waals surface area contributed by atoms with Gasteiger partial charge in [0.15, 0.2) is 11.6 Å². The molecule has 5 nitrogen and oxygen atoms in total. The third-order valence-electron chi connectivity index (χ3n) is 3.72. The van der Waals surface area contributed by atoms with E-state index in [1.54, 1.807) is 24.5 Å². The van der Waals surface area contributed by atoms with Crippen molar-refractivity contribution < 1.29 is 17.5 Å². The van der Waals surface area contributed by atoms with Gasteiger partial charge < -0.3 is 4.74 Å². The maximum atomic E-state index is 13.5. The Morgan fingerprint density at radius 3 is 2.48 bits per heavy atom. The number of ether oxygens (including phenoxy) is 1. The molecule has 2 rings (SSSR count). The summed E-state index contributed by atoms with van der Waals surface area (Å²) in [6.45, 7) is 1.91. The minimum absolute atomic E-state index is 0.00856. The Bertz CT molecular complexity index is 766. The van der Waals surface area contributed by atoms with Crippen LogP contribution in [-0.2, 0) is 10.0 Å². The molecule has 7 heteroatoms. The van der Waals surface area contributed by atoms with Crippen LogP contribution in [0.15, 0.2) is 47.6 Å². The van der Waals surface area contributed by atoms with Crippen molar-refractivity contribution in [3.63, 3.8) is 0 Å². The molecule has 0 saturated heterocycles. The van der Waals surface area contributed by atoms with Gasteiger partial charge in [-0.15, -0.1) is 0 Å². The van der Waals surface area contributed by atoms with Crippen LogP contribution in [0.25, 0.3) is 0 Å². The van der Waals surface area contributed by atoms with Gasteiger partial charge in [-0.1, -0.05) is 6.92 Å². The molecule has 23 heavy (non-hydrogen) atoms. The lowest BCUT2D eigenvalue weighted by atomic mass is 10.1. The molecule has 1 atom stereocenters. The average Bonchev–Trinajstić information content (AvgIpc) is 2.56. The maximum Gasteiger partial charge on any atom is 0.243 e. The number of hydrogen-bond acceptors (Lipinski definition) is 4. The predicted octanol–water partition coefficient (Wildman–Crippen LogP) is 3.00. The fourth-order valence-corrected chi connectivity index (χ4v) is 3.86. The summed E-state index contributed by atoms with van der Waals surface area (Å²) in [4.78, 5) is 3.94. The molecular formula is C16H19FN2O3S. The molecule has 124 valence electrons. The Morgan fingerprint density at radius 2 is 1.91 bits per heavy atom. The Labute approximate surface area is 135 Å². The predicted molar refractivity (Wildman–Crippen MR) is 85.2 cm³/mol. The quantitative estimate of drug-likeness (QED) is 0.812. The van der Waals surface area contributed by atoms with Gasteiger partial charge in [-0.2, -0.15) is 4.31 Å². The third kappa shape index (κ3) is 3.51. The number of methoxy groups -OCH3 is 1. The normalized spacial score (nSPS) is 13.1. The zero-order valence-corrected chi connectivity index (χ0v) is 14.0. The second-order valence-corrected chi connectivity index (χ2v) is 7.02. The molecule has 0 unspecified atom stereocenters. The molecule has 0 fully saturated rings. The second kappa shape index (κ2) is 7.06. The summed E-state index contributed by atoms with van der Waals surface area (Å²) in [5.41, 5.74) is 0.850. The van der Waals surface area contributed by atoms with Gasteiger partial charge in [-0.25, -0.2) is 12.8 Å². The third-order valence-corrected chi connectivity index (χ3v) is 5.58. The van der Waals surface area contributed by atoms with Crippen LogP contribution in [0.4, 0.5) is 4.39 Å². The van der Waals surface area contributed by atoms with Crippen molar-refractivity contribution in [3.8, 4) is 5.75 Å². The number of benzene rings is 1. The van der Waals surface area contributed by atoms with Gasteiger partial charge in [-0.05, 0) is 36.2 Å².